The van der Waals surface area contributed by atoms with Gasteiger partial charge in [0.25, 0.3) is 0 Å². The molecular weight excluding hydrogens is 316 g/mol. The molecule has 3 rings (SSSR count). The van der Waals surface area contributed by atoms with Gasteiger partial charge in [-0.1, -0.05) is 23.8 Å². The predicted octanol–water partition coefficient (Wildman–Crippen LogP) is 1.24. The number of hydrogen-bond donors (Lipinski definition) is 2. The molecule has 1 aromatic heterocycles. The van der Waals surface area contributed by atoms with Gasteiger partial charge in [0.05, 0.1) is 12.1 Å². The van der Waals surface area contributed by atoms with Crippen LogP contribution in [0.5, 0.6) is 0 Å². The third-order valence-electron chi connectivity index (χ3n) is 3.21. The minimum absolute atomic E-state index is 0.0420. The first-order chi connectivity index (χ1) is 11.0. The summed E-state index contributed by atoms with van der Waals surface area (Å²) < 4.78 is 0. The first-order valence-corrected chi connectivity index (χ1v) is 7.81. The van der Waals surface area contributed by atoms with Gasteiger partial charge in [-0.3, -0.25) is 20.3 Å². The molecule has 2 heterocycles. The van der Waals surface area contributed by atoms with Crippen molar-refractivity contribution in [2.45, 2.75) is 13.3 Å². The monoisotopic (exact) mass is 330 g/mol. The number of carbonyl (C=O) groups is 3. The summed E-state index contributed by atoms with van der Waals surface area (Å²) in [5.41, 5.74) is 5.16. The highest BCUT2D eigenvalue weighted by Crippen LogP contribution is 2.24. The quantitative estimate of drug-likeness (QED) is 0.825. The Bertz CT molecular complexity index is 787. The van der Waals surface area contributed by atoms with Crippen LogP contribution in [0.1, 0.15) is 11.3 Å². The number of urea groups is 1. The van der Waals surface area contributed by atoms with Gasteiger partial charge >= 0.3 is 6.03 Å². The van der Waals surface area contributed by atoms with Crippen molar-refractivity contribution in [3.8, 4) is 10.6 Å². The van der Waals surface area contributed by atoms with E-state index in [-0.39, 0.29) is 13.0 Å². The van der Waals surface area contributed by atoms with Gasteiger partial charge in [0.2, 0.25) is 11.8 Å². The lowest BCUT2D eigenvalue weighted by atomic mass is 10.1. The Balaban J connectivity index is 1.64. The van der Waals surface area contributed by atoms with Gasteiger partial charge in [0, 0.05) is 10.9 Å². The molecule has 23 heavy (non-hydrogen) atoms. The average molecular weight is 330 g/mol. The summed E-state index contributed by atoms with van der Waals surface area (Å²) in [5.74, 6) is -0.832. The summed E-state index contributed by atoms with van der Waals surface area (Å²) in [5, 5.41) is 5.69. The fourth-order valence-corrected chi connectivity index (χ4v) is 3.00. The van der Waals surface area contributed by atoms with E-state index in [4.69, 9.17) is 0 Å². The maximum Gasteiger partial charge on any atom is 0.343 e. The Labute approximate surface area is 136 Å². The molecule has 0 unspecified atom stereocenters. The second kappa shape index (κ2) is 6.17. The molecule has 0 saturated carbocycles. The summed E-state index contributed by atoms with van der Waals surface area (Å²) in [6.45, 7) is 1.84. The van der Waals surface area contributed by atoms with E-state index in [9.17, 15) is 14.4 Å². The maximum atomic E-state index is 11.9. The lowest BCUT2D eigenvalue weighted by molar-refractivity contribution is -0.124. The molecule has 8 heteroatoms. The smallest absolute Gasteiger partial charge is 0.275 e. The van der Waals surface area contributed by atoms with Crippen LogP contribution in [-0.4, -0.2) is 34.4 Å². The number of benzene rings is 1. The van der Waals surface area contributed by atoms with Crippen molar-refractivity contribution in [1.82, 2.24) is 20.7 Å². The Kier molecular flexibility index (Phi) is 4.07. The Morgan fingerprint density at radius 2 is 2.26 bits per heavy atom. The van der Waals surface area contributed by atoms with E-state index < -0.39 is 17.8 Å². The lowest BCUT2D eigenvalue weighted by Gasteiger charge is -2.13. The van der Waals surface area contributed by atoms with Gasteiger partial charge in [-0.2, -0.15) is 0 Å². The largest absolute Gasteiger partial charge is 0.343 e. The molecule has 2 aromatic rings. The van der Waals surface area contributed by atoms with Gasteiger partial charge in [-0.05, 0) is 13.0 Å². The number of nitrogens with one attached hydrogen (secondary N) is 2. The molecule has 1 fully saturated rings. The van der Waals surface area contributed by atoms with Gasteiger partial charge in [-0.25, -0.2) is 14.8 Å². The Morgan fingerprint density at radius 1 is 1.43 bits per heavy atom. The van der Waals surface area contributed by atoms with Crippen LogP contribution >= 0.6 is 11.3 Å². The highest BCUT2D eigenvalue weighted by molar-refractivity contribution is 7.13. The lowest BCUT2D eigenvalue weighted by Crippen LogP contribution is -2.44. The number of amides is 4. The van der Waals surface area contributed by atoms with Crippen LogP contribution in [0.25, 0.3) is 10.6 Å². The number of hydrazine groups is 1. The molecule has 1 aromatic carbocycles. The third kappa shape index (κ3) is 3.54. The molecule has 0 atom stereocenters. The van der Waals surface area contributed by atoms with Crippen molar-refractivity contribution < 1.29 is 14.4 Å². The normalized spacial score (nSPS) is 14.0. The molecule has 1 aliphatic heterocycles. The number of aromatic nitrogens is 1. The van der Waals surface area contributed by atoms with Crippen molar-refractivity contribution in [1.29, 1.82) is 0 Å². The number of nitrogens with zero attached hydrogens (tertiary/aromatic N) is 2. The first-order valence-electron chi connectivity index (χ1n) is 6.93. The van der Waals surface area contributed by atoms with Crippen LogP contribution in [0.15, 0.2) is 29.6 Å². The number of hydrogen-bond acceptors (Lipinski definition) is 5. The zero-order valence-corrected chi connectivity index (χ0v) is 13.1. The zero-order chi connectivity index (χ0) is 16.4. The Hall–Kier alpha value is -2.74. The predicted molar refractivity (Wildman–Crippen MR) is 84.4 cm³/mol. The highest BCUT2D eigenvalue weighted by Gasteiger charge is 2.28. The fourth-order valence-electron chi connectivity index (χ4n) is 2.19. The second-order valence-corrected chi connectivity index (χ2v) is 6.02. The summed E-state index contributed by atoms with van der Waals surface area (Å²) >= 11 is 1.46. The highest BCUT2D eigenvalue weighted by atomic mass is 32.1. The van der Waals surface area contributed by atoms with Crippen molar-refractivity contribution in [3.63, 3.8) is 0 Å². The number of aryl methyl sites for hydroxylation is 1. The molecule has 4 amide bonds. The van der Waals surface area contributed by atoms with Crippen LogP contribution in [0.3, 0.4) is 0 Å². The molecule has 0 spiro atoms. The van der Waals surface area contributed by atoms with Gasteiger partial charge in [-0.15, -0.1) is 11.3 Å². The molecule has 118 valence electrons. The van der Waals surface area contributed by atoms with Crippen molar-refractivity contribution in [3.05, 3.63) is 40.9 Å². The molecule has 1 saturated heterocycles. The summed E-state index contributed by atoms with van der Waals surface area (Å²) in [4.78, 5) is 38.8. The van der Waals surface area contributed by atoms with E-state index in [0.717, 1.165) is 21.1 Å². The standard InChI is InChI=1S/C15H14N4O3S/c1-9-3-2-4-10(5-9)14-16-11(8-23-14)6-12(20)18-19-7-13(21)17-15(19)22/h2-5,8H,6-7H2,1H3,(H,18,20)(H,17,21,22). The number of thiazole rings is 1. The van der Waals surface area contributed by atoms with Gasteiger partial charge in [0.15, 0.2) is 0 Å². The minimum atomic E-state index is -0.623. The topological polar surface area (TPSA) is 91.4 Å². The van der Waals surface area contributed by atoms with E-state index >= 15 is 0 Å². The molecule has 0 aliphatic carbocycles. The van der Waals surface area contributed by atoms with Crippen molar-refractivity contribution >= 4 is 29.2 Å². The van der Waals surface area contributed by atoms with E-state index in [0.29, 0.717) is 5.69 Å². The van der Waals surface area contributed by atoms with Crippen LogP contribution in [0, 0.1) is 6.92 Å². The van der Waals surface area contributed by atoms with Gasteiger partial charge in [0.1, 0.15) is 11.6 Å². The number of carbonyl (C=O) groups excluding carboxylic acids is 3. The van der Waals surface area contributed by atoms with Crippen LogP contribution in [0.4, 0.5) is 4.79 Å². The molecule has 0 bridgehead atoms. The van der Waals surface area contributed by atoms with E-state index in [2.05, 4.69) is 15.7 Å². The van der Waals surface area contributed by atoms with E-state index in [1.54, 1.807) is 0 Å². The molecule has 2 N–H and O–H groups in total. The van der Waals surface area contributed by atoms with Crippen molar-refractivity contribution in [2.75, 3.05) is 6.54 Å². The van der Waals surface area contributed by atoms with E-state index in [1.165, 1.54) is 11.3 Å². The molecule has 7 nitrogen and oxygen atoms in total. The fraction of sp³-hybridized carbons (Fsp3) is 0.200. The summed E-state index contributed by atoms with van der Waals surface area (Å²) in [7, 11) is 0. The van der Waals surface area contributed by atoms with Crippen LogP contribution < -0.4 is 10.7 Å². The minimum Gasteiger partial charge on any atom is -0.275 e. The SMILES string of the molecule is Cc1cccc(-c2nc(CC(=O)NN3CC(=O)NC3=O)cs2)c1. The number of imide groups is 1. The second-order valence-electron chi connectivity index (χ2n) is 5.16. The molecule has 1 aliphatic rings. The molecule has 0 radical (unpaired) electrons. The van der Waals surface area contributed by atoms with Crippen molar-refractivity contribution in [2.24, 2.45) is 0 Å². The average Bonchev–Trinajstić information content (AvgIpc) is 3.06. The van der Waals surface area contributed by atoms with Crippen LogP contribution in [0.2, 0.25) is 0 Å². The maximum absolute atomic E-state index is 11.9. The first kappa shape index (κ1) is 15.2. The summed E-state index contributed by atoms with van der Waals surface area (Å²) in [6.07, 6.45) is 0.0420. The zero-order valence-electron chi connectivity index (χ0n) is 12.3. The third-order valence-corrected chi connectivity index (χ3v) is 4.15. The number of rotatable bonds is 4. The molecular formula is C15H14N4O3S. The van der Waals surface area contributed by atoms with Crippen LogP contribution in [-0.2, 0) is 16.0 Å². The summed E-state index contributed by atoms with van der Waals surface area (Å²) in [6, 6.07) is 7.34. The van der Waals surface area contributed by atoms with Gasteiger partial charge < -0.3 is 0 Å². The van der Waals surface area contributed by atoms with E-state index in [1.807, 2.05) is 36.6 Å². The Morgan fingerprint density at radius 3 is 2.96 bits per heavy atom.